The van der Waals surface area contributed by atoms with Crippen molar-refractivity contribution in [3.05, 3.63) is 0 Å². The van der Waals surface area contributed by atoms with E-state index in [0.29, 0.717) is 0 Å². The van der Waals surface area contributed by atoms with Crippen molar-refractivity contribution in [2.24, 2.45) is 0 Å². The van der Waals surface area contributed by atoms with E-state index in [1.165, 1.54) is 0 Å². The maximum atomic E-state index is 9.42. The van der Waals surface area contributed by atoms with Crippen molar-refractivity contribution in [2.45, 2.75) is 12.0 Å². The lowest BCUT2D eigenvalue weighted by Gasteiger charge is -2.41. The normalized spacial score (nSPS) is 35.5. The van der Waals surface area contributed by atoms with Crippen LogP contribution in [0.4, 0.5) is 0 Å². The number of piperazine rings is 1. The Hall–Kier alpha value is -0.630. The Morgan fingerprint density at radius 3 is 2.13 bits per heavy atom. The second kappa shape index (κ2) is 4.09. The fourth-order valence-corrected chi connectivity index (χ4v) is 2.64. The molecule has 0 bridgehead atoms. The molecule has 4 heteroatoms. The highest BCUT2D eigenvalue weighted by Gasteiger charge is 2.42. The monoisotopic (exact) mass is 208 g/mol. The average molecular weight is 208 g/mol. The number of nitrogens with zero attached hydrogens (tertiary/aromatic N) is 4. The van der Waals surface area contributed by atoms with Gasteiger partial charge in [-0.1, -0.05) is 0 Å². The van der Waals surface area contributed by atoms with E-state index >= 15 is 0 Å². The summed E-state index contributed by atoms with van der Waals surface area (Å²) in [6.07, 6.45) is 1.00. The molecule has 0 saturated carbocycles. The molecule has 2 fully saturated rings. The predicted molar refractivity (Wildman–Crippen MR) is 59.5 cm³/mol. The highest BCUT2D eigenvalue weighted by Crippen LogP contribution is 2.27. The minimum absolute atomic E-state index is 0.198. The van der Waals surface area contributed by atoms with Crippen LogP contribution in [0.1, 0.15) is 6.42 Å². The van der Waals surface area contributed by atoms with Gasteiger partial charge >= 0.3 is 0 Å². The van der Waals surface area contributed by atoms with Crippen LogP contribution < -0.4 is 0 Å². The van der Waals surface area contributed by atoms with Gasteiger partial charge in [0.15, 0.2) is 0 Å². The van der Waals surface area contributed by atoms with E-state index in [1.807, 2.05) is 0 Å². The van der Waals surface area contributed by atoms with Gasteiger partial charge in [-0.2, -0.15) is 5.26 Å². The third-order valence-corrected chi connectivity index (χ3v) is 3.76. The maximum absolute atomic E-state index is 9.42. The van der Waals surface area contributed by atoms with E-state index < -0.39 is 0 Å². The Labute approximate surface area is 92.0 Å². The quantitative estimate of drug-likeness (QED) is 0.599. The first-order valence-corrected chi connectivity index (χ1v) is 5.70. The fourth-order valence-electron chi connectivity index (χ4n) is 2.64. The van der Waals surface area contributed by atoms with Crippen molar-refractivity contribution in [3.8, 4) is 6.07 Å². The lowest BCUT2D eigenvalue weighted by atomic mass is 9.97. The van der Waals surface area contributed by atoms with Gasteiger partial charge in [-0.15, -0.1) is 0 Å². The maximum Gasteiger partial charge on any atom is 0.123 e. The number of hydrogen-bond donors (Lipinski definition) is 0. The summed E-state index contributed by atoms with van der Waals surface area (Å²) in [6, 6.07) is 2.56. The van der Waals surface area contributed by atoms with E-state index in [9.17, 15) is 5.26 Å². The zero-order valence-electron chi connectivity index (χ0n) is 9.74. The molecule has 84 valence electrons. The Bertz CT molecular complexity index is 264. The van der Waals surface area contributed by atoms with Crippen molar-refractivity contribution in [1.82, 2.24) is 14.7 Å². The van der Waals surface area contributed by atoms with Crippen molar-refractivity contribution in [1.29, 1.82) is 5.26 Å². The fraction of sp³-hybridized carbons (Fsp3) is 0.909. The number of likely N-dealkylation sites (tertiary alicyclic amines) is 1. The molecule has 0 N–H and O–H groups in total. The van der Waals surface area contributed by atoms with Gasteiger partial charge in [0, 0.05) is 39.3 Å². The summed E-state index contributed by atoms with van der Waals surface area (Å²) in [5.74, 6) is 0. The molecule has 1 unspecified atom stereocenters. The molecular weight excluding hydrogens is 188 g/mol. The summed E-state index contributed by atoms with van der Waals surface area (Å²) >= 11 is 0. The zero-order chi connectivity index (χ0) is 10.9. The van der Waals surface area contributed by atoms with E-state index in [2.05, 4.69) is 34.9 Å². The molecule has 0 amide bonds. The van der Waals surface area contributed by atoms with E-state index in [0.717, 1.165) is 45.7 Å². The van der Waals surface area contributed by atoms with Crippen LogP contribution in [0.15, 0.2) is 0 Å². The Morgan fingerprint density at radius 2 is 1.67 bits per heavy atom. The van der Waals surface area contributed by atoms with Crippen LogP contribution >= 0.6 is 0 Å². The molecule has 0 radical (unpaired) electrons. The van der Waals surface area contributed by atoms with Crippen LogP contribution in [0, 0.1) is 11.3 Å². The third kappa shape index (κ3) is 2.00. The highest BCUT2D eigenvalue weighted by molar-refractivity contribution is 5.14. The molecular formula is C11H20N4. The van der Waals surface area contributed by atoms with Crippen molar-refractivity contribution in [2.75, 3.05) is 53.4 Å². The van der Waals surface area contributed by atoms with Crippen molar-refractivity contribution < 1.29 is 0 Å². The first-order valence-electron chi connectivity index (χ1n) is 5.70. The first kappa shape index (κ1) is 10.9. The zero-order valence-corrected chi connectivity index (χ0v) is 9.74. The summed E-state index contributed by atoms with van der Waals surface area (Å²) in [4.78, 5) is 6.98. The van der Waals surface area contributed by atoms with Gasteiger partial charge in [0.05, 0.1) is 6.07 Å². The molecule has 2 heterocycles. The molecule has 0 aromatic carbocycles. The van der Waals surface area contributed by atoms with Crippen molar-refractivity contribution >= 4 is 0 Å². The smallest absolute Gasteiger partial charge is 0.123 e. The predicted octanol–water partition coefficient (Wildman–Crippen LogP) is -0.168. The largest absolute Gasteiger partial charge is 0.304 e. The molecule has 15 heavy (non-hydrogen) atoms. The van der Waals surface area contributed by atoms with Gasteiger partial charge in [0.25, 0.3) is 0 Å². The molecule has 2 saturated heterocycles. The van der Waals surface area contributed by atoms with E-state index in [4.69, 9.17) is 0 Å². The van der Waals surface area contributed by atoms with Crippen LogP contribution in [0.5, 0.6) is 0 Å². The number of nitriles is 1. The molecule has 1 atom stereocenters. The van der Waals surface area contributed by atoms with Crippen LogP contribution in [-0.4, -0.2) is 73.6 Å². The van der Waals surface area contributed by atoms with Crippen LogP contribution in [0.25, 0.3) is 0 Å². The summed E-state index contributed by atoms with van der Waals surface area (Å²) < 4.78 is 0. The molecule has 2 aliphatic heterocycles. The second-order valence-corrected chi connectivity index (χ2v) is 4.92. The first-order chi connectivity index (χ1) is 7.16. The SMILES string of the molecule is CN1CCN(C2(C#N)CCN(C)C2)CC1. The van der Waals surface area contributed by atoms with Crippen LogP contribution in [0.3, 0.4) is 0 Å². The van der Waals surface area contributed by atoms with Crippen molar-refractivity contribution in [3.63, 3.8) is 0 Å². The molecule has 0 spiro atoms. The molecule has 0 aromatic rings. The van der Waals surface area contributed by atoms with E-state index in [-0.39, 0.29) is 5.54 Å². The van der Waals surface area contributed by atoms with Gasteiger partial charge in [0.1, 0.15) is 5.54 Å². The lowest BCUT2D eigenvalue weighted by molar-refractivity contribution is 0.0788. The number of hydrogen-bond acceptors (Lipinski definition) is 4. The Kier molecular flexibility index (Phi) is 2.96. The van der Waals surface area contributed by atoms with Gasteiger partial charge in [-0.05, 0) is 20.5 Å². The van der Waals surface area contributed by atoms with Crippen LogP contribution in [0.2, 0.25) is 0 Å². The minimum atomic E-state index is -0.198. The number of rotatable bonds is 1. The van der Waals surface area contributed by atoms with Gasteiger partial charge < -0.3 is 9.80 Å². The lowest BCUT2D eigenvalue weighted by Crippen LogP contribution is -2.56. The van der Waals surface area contributed by atoms with E-state index in [1.54, 1.807) is 0 Å². The second-order valence-electron chi connectivity index (χ2n) is 4.92. The van der Waals surface area contributed by atoms with Gasteiger partial charge in [0.2, 0.25) is 0 Å². The van der Waals surface area contributed by atoms with Gasteiger partial charge in [-0.25, -0.2) is 0 Å². The summed E-state index contributed by atoms with van der Waals surface area (Å²) in [5.41, 5.74) is -0.198. The molecule has 2 aliphatic rings. The number of likely N-dealkylation sites (N-methyl/N-ethyl adjacent to an activating group) is 2. The molecule has 2 rings (SSSR count). The standard InChI is InChI=1S/C11H20N4/c1-13-5-7-15(8-6-13)11(9-12)3-4-14(2)10-11/h3-8,10H2,1-2H3. The van der Waals surface area contributed by atoms with Gasteiger partial charge in [-0.3, -0.25) is 4.90 Å². The highest BCUT2D eigenvalue weighted by atomic mass is 15.3. The average Bonchev–Trinajstić information content (AvgIpc) is 2.62. The van der Waals surface area contributed by atoms with Crippen LogP contribution in [-0.2, 0) is 0 Å². The molecule has 0 aliphatic carbocycles. The summed E-state index contributed by atoms with van der Waals surface area (Å²) in [6.45, 7) is 6.23. The molecule has 0 aromatic heterocycles. The topological polar surface area (TPSA) is 33.5 Å². The Balaban J connectivity index is 2.04. The summed E-state index contributed by atoms with van der Waals surface area (Å²) in [7, 11) is 4.26. The third-order valence-electron chi connectivity index (χ3n) is 3.76. The Morgan fingerprint density at radius 1 is 1.00 bits per heavy atom. The summed E-state index contributed by atoms with van der Waals surface area (Å²) in [5, 5.41) is 9.42. The minimum Gasteiger partial charge on any atom is -0.304 e. The molecule has 4 nitrogen and oxygen atoms in total.